The lowest BCUT2D eigenvalue weighted by Crippen LogP contribution is -2.42. The molecule has 1 amide bonds. The van der Waals surface area contributed by atoms with E-state index in [0.717, 1.165) is 42.0 Å². The number of esters is 1. The smallest absolute Gasteiger partial charge is 0.310 e. The number of aryl methyl sites for hydroxylation is 1. The molecule has 38 heavy (non-hydrogen) atoms. The van der Waals surface area contributed by atoms with Crippen LogP contribution < -0.4 is 4.90 Å². The monoisotopic (exact) mass is 532 g/mol. The summed E-state index contributed by atoms with van der Waals surface area (Å²) in [6.45, 7) is 8.07. The summed E-state index contributed by atoms with van der Waals surface area (Å²) in [7, 11) is 2.05. The van der Waals surface area contributed by atoms with Gasteiger partial charge < -0.3 is 14.5 Å². The van der Waals surface area contributed by atoms with Gasteiger partial charge in [0.25, 0.3) is 5.91 Å². The van der Waals surface area contributed by atoms with E-state index < -0.39 is 0 Å². The molecular weight excluding hydrogens is 496 g/mol. The Hall–Kier alpha value is -3.39. The molecule has 2 heterocycles. The second-order valence-electron chi connectivity index (χ2n) is 9.71. The molecular formula is C30H36N4O3S. The number of rotatable bonds is 9. The van der Waals surface area contributed by atoms with Gasteiger partial charge in [-0.3, -0.25) is 9.59 Å². The molecule has 0 aliphatic carbocycles. The van der Waals surface area contributed by atoms with Gasteiger partial charge in [-0.15, -0.1) is 0 Å². The van der Waals surface area contributed by atoms with E-state index in [1.807, 2.05) is 49.4 Å². The Morgan fingerprint density at radius 2 is 1.84 bits per heavy atom. The van der Waals surface area contributed by atoms with Crippen LogP contribution in [-0.4, -0.2) is 53.5 Å². The Labute approximate surface area is 229 Å². The van der Waals surface area contributed by atoms with Crippen LogP contribution in [0.2, 0.25) is 0 Å². The minimum atomic E-state index is -0.248. The van der Waals surface area contributed by atoms with E-state index in [1.165, 1.54) is 5.56 Å². The van der Waals surface area contributed by atoms with Crippen LogP contribution in [-0.2, 0) is 21.8 Å². The zero-order valence-corrected chi connectivity index (χ0v) is 23.5. The first-order valence-electron chi connectivity index (χ1n) is 13.1. The van der Waals surface area contributed by atoms with E-state index in [1.54, 1.807) is 23.6 Å². The van der Waals surface area contributed by atoms with Crippen LogP contribution in [0.3, 0.4) is 0 Å². The minimum Gasteiger partial charge on any atom is -0.466 e. The van der Waals surface area contributed by atoms with Gasteiger partial charge in [0.1, 0.15) is 5.82 Å². The second kappa shape index (κ2) is 12.9. The molecule has 0 spiro atoms. The Morgan fingerprint density at radius 1 is 1.08 bits per heavy atom. The zero-order valence-electron chi connectivity index (χ0n) is 22.6. The van der Waals surface area contributed by atoms with E-state index in [4.69, 9.17) is 14.7 Å². The molecule has 4 rings (SSSR count). The normalized spacial score (nSPS) is 15.3. The summed E-state index contributed by atoms with van der Waals surface area (Å²) >= 11 is 1.57. The third kappa shape index (κ3) is 6.92. The topological polar surface area (TPSA) is 75.6 Å². The van der Waals surface area contributed by atoms with Crippen molar-refractivity contribution in [3.63, 3.8) is 0 Å². The summed E-state index contributed by atoms with van der Waals surface area (Å²) in [4.78, 5) is 39.0. The van der Waals surface area contributed by atoms with Crippen molar-refractivity contribution in [3.8, 4) is 0 Å². The van der Waals surface area contributed by atoms with Gasteiger partial charge in [-0.2, -0.15) is 0 Å². The highest BCUT2D eigenvalue weighted by Gasteiger charge is 2.29. The molecule has 0 radical (unpaired) electrons. The second-order valence-corrected chi connectivity index (χ2v) is 10.7. The molecule has 0 saturated carbocycles. The van der Waals surface area contributed by atoms with Gasteiger partial charge in [0.2, 0.25) is 0 Å². The van der Waals surface area contributed by atoms with E-state index in [2.05, 4.69) is 31.0 Å². The number of carbonyl (C=O) groups is 2. The molecule has 1 saturated heterocycles. The molecule has 0 bridgehead atoms. The van der Waals surface area contributed by atoms with E-state index >= 15 is 0 Å². The fourth-order valence-corrected chi connectivity index (χ4v) is 5.52. The van der Waals surface area contributed by atoms with Crippen molar-refractivity contribution in [2.45, 2.75) is 51.1 Å². The summed E-state index contributed by atoms with van der Waals surface area (Å²) in [5.41, 5.74) is 4.92. The van der Waals surface area contributed by atoms with Gasteiger partial charge in [-0.25, -0.2) is 9.97 Å². The molecule has 1 aromatic heterocycles. The van der Waals surface area contributed by atoms with Crippen LogP contribution in [0, 0.1) is 19.8 Å². The number of aromatic nitrogens is 2. The molecule has 1 aliphatic rings. The highest BCUT2D eigenvalue weighted by Crippen LogP contribution is 2.27. The number of hydrogen-bond acceptors (Lipinski definition) is 7. The van der Waals surface area contributed by atoms with Crippen molar-refractivity contribution in [3.05, 3.63) is 82.5 Å². The summed E-state index contributed by atoms with van der Waals surface area (Å²) in [6.07, 6.45) is 1.56. The number of likely N-dealkylation sites (tertiary alicyclic amines) is 1. The maximum Gasteiger partial charge on any atom is 0.310 e. The van der Waals surface area contributed by atoms with Gasteiger partial charge in [0, 0.05) is 49.3 Å². The maximum atomic E-state index is 13.2. The molecule has 1 fully saturated rings. The third-order valence-electron chi connectivity index (χ3n) is 6.84. The maximum absolute atomic E-state index is 13.2. The summed E-state index contributed by atoms with van der Waals surface area (Å²) in [5, 5.41) is 0.716. The van der Waals surface area contributed by atoms with Crippen molar-refractivity contribution in [1.29, 1.82) is 0 Å². The molecule has 7 nitrogen and oxygen atoms in total. The number of nitrogens with zero attached hydrogens (tertiary/aromatic N) is 4. The number of benzene rings is 2. The van der Waals surface area contributed by atoms with Crippen molar-refractivity contribution >= 4 is 29.5 Å². The van der Waals surface area contributed by atoms with Crippen molar-refractivity contribution in [2.24, 2.45) is 5.92 Å². The first-order valence-corrected chi connectivity index (χ1v) is 14.1. The van der Waals surface area contributed by atoms with Crippen LogP contribution >= 0.6 is 11.8 Å². The van der Waals surface area contributed by atoms with Crippen molar-refractivity contribution in [2.75, 3.05) is 31.6 Å². The molecule has 3 aromatic rings. The average Bonchev–Trinajstić information content (AvgIpc) is 2.94. The largest absolute Gasteiger partial charge is 0.466 e. The molecule has 0 N–H and O–H groups in total. The molecule has 8 heteroatoms. The Balaban J connectivity index is 1.42. The number of carbonyl (C=O) groups excluding carboxylic acids is 2. The average molecular weight is 533 g/mol. The number of ether oxygens (including phenoxy) is 1. The molecule has 200 valence electrons. The Kier molecular flexibility index (Phi) is 9.39. The Morgan fingerprint density at radius 3 is 2.61 bits per heavy atom. The van der Waals surface area contributed by atoms with Gasteiger partial charge in [0.15, 0.2) is 5.16 Å². The van der Waals surface area contributed by atoms with E-state index in [-0.39, 0.29) is 17.8 Å². The van der Waals surface area contributed by atoms with Crippen LogP contribution in [0.4, 0.5) is 5.82 Å². The predicted octanol–water partition coefficient (Wildman–Crippen LogP) is 5.44. The van der Waals surface area contributed by atoms with Crippen LogP contribution in [0.5, 0.6) is 0 Å². The van der Waals surface area contributed by atoms with Crippen LogP contribution in [0.1, 0.15) is 52.5 Å². The van der Waals surface area contributed by atoms with Crippen molar-refractivity contribution < 1.29 is 14.3 Å². The summed E-state index contributed by atoms with van der Waals surface area (Å²) in [5.74, 6) is 1.07. The summed E-state index contributed by atoms with van der Waals surface area (Å²) in [6, 6.07) is 18.1. The van der Waals surface area contributed by atoms with Gasteiger partial charge in [-0.05, 0) is 56.9 Å². The number of hydrogen-bond donors (Lipinski definition) is 0. The fourth-order valence-electron chi connectivity index (χ4n) is 4.70. The van der Waals surface area contributed by atoms with Gasteiger partial charge in [-0.1, -0.05) is 54.2 Å². The number of thioether (sulfide) groups is 1. The number of amides is 1. The highest BCUT2D eigenvalue weighted by molar-refractivity contribution is 7.98. The number of anilines is 1. The fraction of sp³-hybridized carbons (Fsp3) is 0.400. The lowest BCUT2D eigenvalue weighted by atomic mass is 9.97. The zero-order chi connectivity index (χ0) is 27.1. The first-order chi connectivity index (χ1) is 18.4. The molecule has 2 aromatic carbocycles. The first kappa shape index (κ1) is 27.6. The van der Waals surface area contributed by atoms with E-state index in [0.29, 0.717) is 36.2 Å². The molecule has 1 unspecified atom stereocenters. The summed E-state index contributed by atoms with van der Waals surface area (Å²) < 4.78 is 5.18. The SMILES string of the molecule is CCOC(=O)C1CCCN(C(=O)c2cccc(CSc3nc(C)c(C)c(N(C)Cc4ccccc4)n3)c2)C1. The van der Waals surface area contributed by atoms with Crippen LogP contribution in [0.15, 0.2) is 59.8 Å². The number of piperidine rings is 1. The standard InChI is InChI=1S/C30H36N4O3S/c1-5-37-29(36)26-15-10-16-34(19-26)28(35)25-14-9-13-24(17-25)20-38-30-31-22(3)21(2)27(32-30)33(4)18-23-11-7-6-8-12-23/h6-9,11-14,17,26H,5,10,15-16,18-20H2,1-4H3. The quantitative estimate of drug-likeness (QED) is 0.206. The van der Waals surface area contributed by atoms with Gasteiger partial charge >= 0.3 is 5.97 Å². The minimum absolute atomic E-state index is 0.0434. The lowest BCUT2D eigenvalue weighted by Gasteiger charge is -2.31. The van der Waals surface area contributed by atoms with Gasteiger partial charge in [0.05, 0.1) is 12.5 Å². The third-order valence-corrected chi connectivity index (χ3v) is 7.76. The Bertz CT molecular complexity index is 1270. The van der Waals surface area contributed by atoms with Crippen molar-refractivity contribution in [1.82, 2.24) is 14.9 Å². The molecule has 1 atom stereocenters. The van der Waals surface area contributed by atoms with E-state index in [9.17, 15) is 9.59 Å². The lowest BCUT2D eigenvalue weighted by molar-refractivity contribution is -0.149. The van der Waals surface area contributed by atoms with Crippen LogP contribution in [0.25, 0.3) is 0 Å². The highest BCUT2D eigenvalue weighted by atomic mass is 32.2. The molecule has 1 aliphatic heterocycles. The predicted molar refractivity (Wildman–Crippen MR) is 151 cm³/mol.